The number of benzene rings is 2. The number of halogens is 1. The molecule has 3 aromatic rings. The Bertz CT molecular complexity index is 1470. The minimum atomic E-state index is -3.32. The molecule has 1 saturated heterocycles. The van der Waals surface area contributed by atoms with Gasteiger partial charge in [0.05, 0.1) is 22.7 Å². The zero-order valence-electron chi connectivity index (χ0n) is 20.2. The molecule has 1 unspecified atom stereocenters. The van der Waals surface area contributed by atoms with Gasteiger partial charge >= 0.3 is 0 Å². The molecule has 0 spiro atoms. The van der Waals surface area contributed by atoms with E-state index in [2.05, 4.69) is 48.5 Å². The Morgan fingerprint density at radius 1 is 1.14 bits per heavy atom. The molecule has 3 aliphatic rings. The summed E-state index contributed by atoms with van der Waals surface area (Å²) in [6.45, 7) is 6.77. The van der Waals surface area contributed by atoms with E-state index < -0.39 is 15.3 Å². The van der Waals surface area contributed by atoms with Crippen molar-refractivity contribution in [2.24, 2.45) is 17.8 Å². The summed E-state index contributed by atoms with van der Waals surface area (Å²) in [5.74, 6) is 0.874. The lowest BCUT2D eigenvalue weighted by Crippen LogP contribution is -2.39. The first-order valence-corrected chi connectivity index (χ1v) is 13.8. The molecule has 2 heterocycles. The summed E-state index contributed by atoms with van der Waals surface area (Å²) in [4.78, 5) is 0. The zero-order chi connectivity index (χ0) is 24.5. The second-order valence-electron chi connectivity index (χ2n) is 10.5. The lowest BCUT2D eigenvalue weighted by molar-refractivity contribution is 0.358. The smallest absolute Gasteiger partial charge is 0.216 e. The third-order valence-corrected chi connectivity index (χ3v) is 10.5. The molecule has 182 valence electrons. The van der Waals surface area contributed by atoms with E-state index >= 15 is 0 Å². The standard InChI is InChI=1S/C28H30FN3O2S/c1-18(2)35(33,34)31-16-25-27(20-7-5-4-6-8-20)28(25,17-31)24-14-21-15-30-32(26(21)13-19(24)3)23-11-9-22(29)10-12-23/h4-7,9-15,18,20,25,27H,8,16-17H2,1-3H3/t20?,25-,27-,28+/m1/s1. The van der Waals surface area contributed by atoms with Crippen LogP contribution in [0.1, 0.15) is 31.4 Å². The number of rotatable bonds is 5. The van der Waals surface area contributed by atoms with Crippen LogP contribution in [0.4, 0.5) is 4.39 Å². The first kappa shape index (κ1) is 22.7. The van der Waals surface area contributed by atoms with Gasteiger partial charge in [-0.2, -0.15) is 5.10 Å². The van der Waals surface area contributed by atoms with Gasteiger partial charge in [0.25, 0.3) is 0 Å². The molecule has 6 rings (SSSR count). The van der Waals surface area contributed by atoms with Gasteiger partial charge in [-0.3, -0.25) is 0 Å². The SMILES string of the molecule is Cc1cc2c(cnn2-c2ccc(F)cc2)cc1[C@@]12CN(S(=O)(=O)C(C)C)C[C@@H]1[C@H]2C1C=CC=CC1. The average Bonchev–Trinajstić information content (AvgIpc) is 3.10. The molecule has 0 radical (unpaired) electrons. The molecular formula is C28H30FN3O2S. The fourth-order valence-corrected chi connectivity index (χ4v) is 7.95. The molecule has 2 aromatic carbocycles. The number of hydrogen-bond acceptors (Lipinski definition) is 3. The van der Waals surface area contributed by atoms with Crippen molar-refractivity contribution in [2.75, 3.05) is 13.1 Å². The molecule has 35 heavy (non-hydrogen) atoms. The van der Waals surface area contributed by atoms with Crippen molar-refractivity contribution in [2.45, 2.75) is 37.9 Å². The van der Waals surface area contributed by atoms with Crippen LogP contribution < -0.4 is 0 Å². The molecule has 2 aliphatic carbocycles. The summed E-state index contributed by atoms with van der Waals surface area (Å²) >= 11 is 0. The van der Waals surface area contributed by atoms with Crippen LogP contribution in [-0.4, -0.2) is 40.8 Å². The summed E-state index contributed by atoms with van der Waals surface area (Å²) in [7, 11) is -3.32. The van der Waals surface area contributed by atoms with E-state index in [-0.39, 0.29) is 11.2 Å². The van der Waals surface area contributed by atoms with Crippen molar-refractivity contribution in [3.8, 4) is 5.69 Å². The summed E-state index contributed by atoms with van der Waals surface area (Å²) in [5.41, 5.74) is 3.98. The third-order valence-electron chi connectivity index (χ3n) is 8.34. The van der Waals surface area contributed by atoms with Gasteiger partial charge in [0.15, 0.2) is 0 Å². The lowest BCUT2D eigenvalue weighted by atomic mass is 9.83. The third kappa shape index (κ3) is 3.35. The van der Waals surface area contributed by atoms with E-state index in [9.17, 15) is 12.8 Å². The number of nitrogens with zero attached hydrogens (tertiary/aromatic N) is 3. The van der Waals surface area contributed by atoms with Crippen LogP contribution in [-0.2, 0) is 15.4 Å². The Morgan fingerprint density at radius 2 is 1.91 bits per heavy atom. The number of sulfonamides is 1. The topological polar surface area (TPSA) is 55.2 Å². The zero-order valence-corrected chi connectivity index (χ0v) is 21.0. The van der Waals surface area contributed by atoms with Gasteiger partial charge in [0, 0.05) is 23.9 Å². The molecule has 0 amide bonds. The van der Waals surface area contributed by atoms with Crippen molar-refractivity contribution in [1.29, 1.82) is 0 Å². The molecular weight excluding hydrogens is 461 g/mol. The van der Waals surface area contributed by atoms with Crippen LogP contribution >= 0.6 is 0 Å². The predicted octanol–water partition coefficient (Wildman–Crippen LogP) is 5.14. The maximum atomic E-state index is 13.4. The fourth-order valence-electron chi connectivity index (χ4n) is 6.60. The minimum absolute atomic E-state index is 0.182. The van der Waals surface area contributed by atoms with Crippen molar-refractivity contribution < 1.29 is 12.8 Å². The second kappa shape index (κ2) is 7.87. The van der Waals surface area contributed by atoms with E-state index in [0.717, 1.165) is 28.6 Å². The number of hydrogen-bond donors (Lipinski definition) is 0. The summed E-state index contributed by atoms with van der Waals surface area (Å²) < 4.78 is 43.2. The summed E-state index contributed by atoms with van der Waals surface area (Å²) in [6.07, 6.45) is 11.6. The van der Waals surface area contributed by atoms with E-state index in [1.54, 1.807) is 30.3 Å². The first-order chi connectivity index (χ1) is 16.7. The van der Waals surface area contributed by atoms with Gasteiger partial charge in [-0.15, -0.1) is 0 Å². The van der Waals surface area contributed by atoms with Crippen LogP contribution in [0.5, 0.6) is 0 Å². The Labute approximate surface area is 206 Å². The minimum Gasteiger partial charge on any atom is -0.233 e. The van der Waals surface area contributed by atoms with Gasteiger partial charge in [-0.1, -0.05) is 24.3 Å². The predicted molar refractivity (Wildman–Crippen MR) is 136 cm³/mol. The largest absolute Gasteiger partial charge is 0.233 e. The van der Waals surface area contributed by atoms with E-state index in [4.69, 9.17) is 0 Å². The van der Waals surface area contributed by atoms with Gasteiger partial charge in [0.2, 0.25) is 10.0 Å². The molecule has 4 atom stereocenters. The Balaban J connectivity index is 1.44. The maximum Gasteiger partial charge on any atom is 0.216 e. The maximum absolute atomic E-state index is 13.4. The van der Waals surface area contributed by atoms with E-state index in [1.807, 2.05) is 10.9 Å². The molecule has 0 bridgehead atoms. The van der Waals surface area contributed by atoms with E-state index in [0.29, 0.717) is 30.8 Å². The van der Waals surface area contributed by atoms with Gasteiger partial charge < -0.3 is 0 Å². The normalized spacial score (nSPS) is 28.2. The lowest BCUT2D eigenvalue weighted by Gasteiger charge is -2.28. The number of aromatic nitrogens is 2. The van der Waals surface area contributed by atoms with Gasteiger partial charge in [-0.25, -0.2) is 21.8 Å². The molecule has 1 aromatic heterocycles. The molecule has 2 fully saturated rings. The fraction of sp³-hybridized carbons (Fsp3) is 0.393. The molecule has 1 aliphatic heterocycles. The van der Waals surface area contributed by atoms with Gasteiger partial charge in [0.1, 0.15) is 5.82 Å². The van der Waals surface area contributed by atoms with Crippen LogP contribution in [0.2, 0.25) is 0 Å². The highest BCUT2D eigenvalue weighted by Gasteiger charge is 2.72. The van der Waals surface area contributed by atoms with Crippen LogP contribution in [0.15, 0.2) is 66.9 Å². The molecule has 7 heteroatoms. The Morgan fingerprint density at radius 3 is 2.60 bits per heavy atom. The van der Waals surface area contributed by atoms with Crippen molar-refractivity contribution in [3.05, 3.63) is 83.8 Å². The molecule has 1 saturated carbocycles. The number of piperidine rings is 1. The Hall–Kier alpha value is -2.77. The Kier molecular flexibility index (Phi) is 5.10. The number of aryl methyl sites for hydroxylation is 1. The first-order valence-electron chi connectivity index (χ1n) is 12.3. The van der Waals surface area contributed by atoms with Crippen molar-refractivity contribution >= 4 is 20.9 Å². The summed E-state index contributed by atoms with van der Waals surface area (Å²) in [5, 5.41) is 5.18. The highest BCUT2D eigenvalue weighted by atomic mass is 32.2. The van der Waals surface area contributed by atoms with Crippen molar-refractivity contribution in [1.82, 2.24) is 14.1 Å². The van der Waals surface area contributed by atoms with Crippen LogP contribution in [0.3, 0.4) is 0 Å². The molecule has 0 N–H and O–H groups in total. The summed E-state index contributed by atoms with van der Waals surface area (Å²) in [6, 6.07) is 10.7. The number of fused-ring (bicyclic) bond motifs is 2. The average molecular weight is 492 g/mol. The van der Waals surface area contributed by atoms with Crippen LogP contribution in [0.25, 0.3) is 16.6 Å². The highest BCUT2D eigenvalue weighted by molar-refractivity contribution is 7.89. The molecule has 5 nitrogen and oxygen atoms in total. The number of allylic oxidation sites excluding steroid dienone is 4. The highest BCUT2D eigenvalue weighted by Crippen LogP contribution is 2.69. The van der Waals surface area contributed by atoms with Crippen molar-refractivity contribution in [3.63, 3.8) is 0 Å². The van der Waals surface area contributed by atoms with Crippen LogP contribution in [0, 0.1) is 30.5 Å². The van der Waals surface area contributed by atoms with Gasteiger partial charge in [-0.05, 0) is 92.5 Å². The second-order valence-corrected chi connectivity index (χ2v) is 13.0. The monoisotopic (exact) mass is 491 g/mol. The quantitative estimate of drug-likeness (QED) is 0.496. The van der Waals surface area contributed by atoms with E-state index in [1.165, 1.54) is 17.7 Å².